The summed E-state index contributed by atoms with van der Waals surface area (Å²) in [6, 6.07) is 11.2. The van der Waals surface area contributed by atoms with Gasteiger partial charge in [0.25, 0.3) is 0 Å². The fraction of sp³-hybridized carbons (Fsp3) is 0.528. The summed E-state index contributed by atoms with van der Waals surface area (Å²) in [4.78, 5) is 92.2. The minimum absolute atomic E-state index is 0. The Hall–Kier alpha value is -6.97. The van der Waals surface area contributed by atoms with Crippen LogP contribution in [0.5, 0.6) is 5.75 Å². The molecule has 426 valence electrons. The number of rotatable bonds is 13. The van der Waals surface area contributed by atoms with E-state index >= 15 is 4.79 Å². The highest BCUT2D eigenvalue weighted by molar-refractivity contribution is 5.95. The van der Waals surface area contributed by atoms with E-state index in [0.29, 0.717) is 50.2 Å². The number of carbonyl (C=O) groups excluding carboxylic acids is 3. The van der Waals surface area contributed by atoms with E-state index in [-0.39, 0.29) is 23.4 Å². The number of anilines is 1. The molecule has 12 N–H and O–H groups in total. The average Bonchev–Trinajstić information content (AvgIpc) is 4.11. The Morgan fingerprint density at radius 2 is 1.40 bits per heavy atom. The van der Waals surface area contributed by atoms with E-state index in [0.717, 1.165) is 52.9 Å². The van der Waals surface area contributed by atoms with Gasteiger partial charge in [-0.05, 0) is 61.4 Å². The monoisotopic (exact) mass is 1100 g/mol. The topological polar surface area (TPSA) is 395 Å². The number of aliphatic hydroxyl groups excluding tert-OH is 4. The number of aromatic amines is 1. The Morgan fingerprint density at radius 1 is 0.808 bits per heavy atom. The molecule has 3 aromatic rings. The van der Waals surface area contributed by atoms with Crippen molar-refractivity contribution in [1.29, 1.82) is 0 Å². The van der Waals surface area contributed by atoms with Crippen molar-refractivity contribution in [2.24, 2.45) is 11.3 Å². The van der Waals surface area contributed by atoms with E-state index in [1.807, 2.05) is 37.1 Å². The van der Waals surface area contributed by atoms with Gasteiger partial charge in [-0.15, -0.1) is 0 Å². The Labute approximate surface area is 447 Å². The maximum absolute atomic E-state index is 15.2. The fourth-order valence-electron chi connectivity index (χ4n) is 13.4. The molecule has 6 heterocycles. The summed E-state index contributed by atoms with van der Waals surface area (Å²) in [7, 11) is 6.22. The van der Waals surface area contributed by atoms with Gasteiger partial charge in [-0.1, -0.05) is 55.8 Å². The number of hydrogen-bond acceptors (Lipinski definition) is 19. The van der Waals surface area contributed by atoms with Gasteiger partial charge in [0, 0.05) is 90.9 Å². The summed E-state index contributed by atoms with van der Waals surface area (Å²) in [5.74, 6) is -8.39. The second kappa shape index (κ2) is 22.8. The molecule has 2 bridgehead atoms. The molecule has 6 aliphatic rings. The van der Waals surface area contributed by atoms with E-state index in [1.54, 1.807) is 7.11 Å². The van der Waals surface area contributed by atoms with E-state index < -0.39 is 94.2 Å². The second-order valence-corrected chi connectivity index (χ2v) is 20.3. The molecule has 2 aromatic carbocycles. The first-order valence-electron chi connectivity index (χ1n) is 24.9. The summed E-state index contributed by atoms with van der Waals surface area (Å²) in [6.45, 7) is 9.19. The van der Waals surface area contributed by atoms with E-state index in [4.69, 9.17) is 59.8 Å². The Balaban J connectivity index is 0.000000398. The van der Waals surface area contributed by atoms with Crippen molar-refractivity contribution in [3.05, 3.63) is 82.6 Å². The molecule has 25 heteroatoms. The van der Waals surface area contributed by atoms with Crippen LogP contribution in [0.2, 0.25) is 0 Å². The van der Waals surface area contributed by atoms with Gasteiger partial charge in [0.2, 0.25) is 5.60 Å². The molecule has 5 aliphatic heterocycles. The summed E-state index contributed by atoms with van der Waals surface area (Å²) >= 11 is 0. The highest BCUT2D eigenvalue weighted by Gasteiger charge is 2.80. The molecule has 1 saturated heterocycles. The molecule has 1 aromatic heterocycles. The number of likely N-dealkylation sites (N-methyl/N-ethyl adjacent to an activating group) is 1. The third-order valence-electron chi connectivity index (χ3n) is 16.4. The Morgan fingerprint density at radius 3 is 1.92 bits per heavy atom. The molecule has 13 atom stereocenters. The van der Waals surface area contributed by atoms with Crippen molar-refractivity contribution in [1.82, 2.24) is 14.8 Å². The molecule has 9 rings (SSSR count). The van der Waals surface area contributed by atoms with Crippen molar-refractivity contribution in [3.8, 4) is 5.75 Å². The third-order valence-corrected chi connectivity index (χ3v) is 16.4. The SMILES string of the molecule is CCC1=CC2CN(C1)Cc1c([nH]c3ccccc13)[C@@](C(=O)OC)(c1cc3c(cc1OC)N(C)[C@@H]1C34CCN3CC=C[C@@](CC)(C(OC(C)=O)[C@]1(O)C(=O)OC)[C@H]34)C2.O.O=C(O)C(O)[C@@H](O)C(=O)O.O=C(O)C(O)[C@@H](O)C(=O)O. The van der Waals surface area contributed by atoms with Crippen LogP contribution >= 0.6 is 0 Å². The van der Waals surface area contributed by atoms with E-state index in [2.05, 4.69) is 58.1 Å². The van der Waals surface area contributed by atoms with Crippen LogP contribution in [-0.4, -0.2) is 211 Å². The predicted octanol–water partition coefficient (Wildman–Crippen LogP) is -0.316. The van der Waals surface area contributed by atoms with Crippen molar-refractivity contribution < 1.29 is 104 Å². The van der Waals surface area contributed by atoms with Gasteiger partial charge in [-0.3, -0.25) is 19.4 Å². The number of aliphatic carboxylic acids is 4. The number of para-hydroxylation sites is 1. The predicted molar refractivity (Wildman–Crippen MR) is 272 cm³/mol. The number of carboxylic acid groups (broad SMARTS) is 4. The Bertz CT molecular complexity index is 2830. The normalized spacial score (nSPS) is 29.6. The second-order valence-electron chi connectivity index (χ2n) is 20.3. The molecule has 6 unspecified atom stereocenters. The lowest BCUT2D eigenvalue weighted by atomic mass is 9.47. The van der Waals surface area contributed by atoms with Gasteiger partial charge in [-0.2, -0.15) is 0 Å². The number of benzene rings is 2. The number of nitrogens with zero attached hydrogens (tertiary/aromatic N) is 3. The number of carbonyl (C=O) groups is 7. The number of nitrogens with one attached hydrogen (secondary N) is 1. The molecule has 2 fully saturated rings. The molecule has 25 nitrogen and oxygen atoms in total. The lowest BCUT2D eigenvalue weighted by molar-refractivity contribution is -0.228. The maximum atomic E-state index is 15.2. The number of methoxy groups -OCH3 is 3. The molecular weight excluding hydrogens is 1030 g/mol. The van der Waals surface area contributed by atoms with Gasteiger partial charge >= 0.3 is 41.8 Å². The lowest BCUT2D eigenvalue weighted by Gasteiger charge is -2.63. The first-order chi connectivity index (χ1) is 36.3. The summed E-state index contributed by atoms with van der Waals surface area (Å²) in [5, 5.41) is 79.4. The lowest BCUT2D eigenvalue weighted by Crippen LogP contribution is -2.81. The largest absolute Gasteiger partial charge is 0.496 e. The summed E-state index contributed by atoms with van der Waals surface area (Å²) in [5.41, 5.74) is 1.05. The van der Waals surface area contributed by atoms with Crippen molar-refractivity contribution >= 4 is 58.4 Å². The van der Waals surface area contributed by atoms with Crippen LogP contribution in [-0.2, 0) is 65.1 Å². The van der Waals surface area contributed by atoms with Crippen molar-refractivity contribution in [2.75, 3.05) is 59.5 Å². The fourth-order valence-corrected chi connectivity index (χ4v) is 13.4. The van der Waals surface area contributed by atoms with Crippen LogP contribution in [0.25, 0.3) is 10.9 Å². The first kappa shape index (κ1) is 60.3. The van der Waals surface area contributed by atoms with Gasteiger partial charge in [-0.25, -0.2) is 24.0 Å². The summed E-state index contributed by atoms with van der Waals surface area (Å²) < 4.78 is 23.9. The molecule has 1 saturated carbocycles. The van der Waals surface area contributed by atoms with Crippen LogP contribution in [0.1, 0.15) is 68.8 Å². The highest BCUT2D eigenvalue weighted by Crippen LogP contribution is 2.68. The minimum atomic E-state index is -2.27. The highest BCUT2D eigenvalue weighted by atomic mass is 16.6. The zero-order valence-electron chi connectivity index (χ0n) is 44.0. The molecule has 0 amide bonds. The number of carboxylic acids is 4. The smallest absolute Gasteiger partial charge is 0.344 e. The number of esters is 3. The average molecular weight is 1100 g/mol. The molecule has 1 aliphatic carbocycles. The summed E-state index contributed by atoms with van der Waals surface area (Å²) in [6.07, 6.45) is -1.39. The van der Waals surface area contributed by atoms with Crippen molar-refractivity contribution in [2.45, 2.75) is 112 Å². The zero-order chi connectivity index (χ0) is 56.9. The number of H-pyrrole nitrogens is 1. The minimum Gasteiger partial charge on any atom is -0.496 e. The van der Waals surface area contributed by atoms with Crippen LogP contribution in [0.3, 0.4) is 0 Å². The first-order valence-corrected chi connectivity index (χ1v) is 24.9. The van der Waals surface area contributed by atoms with Gasteiger partial charge in [0.15, 0.2) is 30.5 Å². The molecule has 1 spiro atoms. The zero-order valence-corrected chi connectivity index (χ0v) is 44.0. The van der Waals surface area contributed by atoms with E-state index in [9.17, 15) is 33.9 Å². The number of ether oxygens (including phenoxy) is 4. The van der Waals surface area contributed by atoms with Crippen molar-refractivity contribution in [3.63, 3.8) is 0 Å². The Kier molecular flexibility index (Phi) is 17.6. The van der Waals surface area contributed by atoms with Crippen LogP contribution in [0.15, 0.2) is 60.2 Å². The van der Waals surface area contributed by atoms with Crippen LogP contribution in [0.4, 0.5) is 5.69 Å². The van der Waals surface area contributed by atoms with Crippen LogP contribution in [0, 0.1) is 11.3 Å². The number of aliphatic hydroxyl groups is 5. The molecule has 0 radical (unpaired) electrons. The van der Waals surface area contributed by atoms with Gasteiger partial charge in [0.05, 0.1) is 27.4 Å². The molecule has 78 heavy (non-hydrogen) atoms. The molecular formula is C53H68N4O21. The third kappa shape index (κ3) is 9.54. The van der Waals surface area contributed by atoms with E-state index in [1.165, 1.54) is 26.7 Å². The maximum Gasteiger partial charge on any atom is 0.344 e. The number of hydrogen-bond donors (Lipinski definition) is 10. The number of aromatic nitrogens is 1. The standard InChI is InChI=1S/C45H54N4O8.2C4H6O6.H2O/c1-8-27-19-28-22-44(40(51)55-6,36-30(25-48(23-27)24-28)29-13-10-11-14-33(29)46-36)32-20-31-34(21-35(32)54-5)47(4)38-43(31)16-18-49-17-12-15-42(9-2,37(43)49)39(57-26(3)50)45(38,53)41(52)56-7;2*5-1(3(7)8)2(6)4(9)10;/h10-15,19-21,28,37-39,46,53H,8-9,16-18,22-25H2,1-7H3;2*1-2,5-6H,(H,7,8)(H,9,10);1H2/t28?,37-,38+,39?,42+,43?,44-,45-;2*1-,2?;/m011./s1. The van der Waals surface area contributed by atoms with Gasteiger partial charge < -0.3 is 80.3 Å². The van der Waals surface area contributed by atoms with Gasteiger partial charge in [0.1, 0.15) is 11.2 Å². The quantitative estimate of drug-likeness (QED) is 0.0596. The van der Waals surface area contributed by atoms with Crippen LogP contribution < -0.4 is 9.64 Å². The number of fused-ring (bicyclic) bond motifs is 6.